The van der Waals surface area contributed by atoms with Gasteiger partial charge < -0.3 is 16.4 Å². The lowest BCUT2D eigenvalue weighted by atomic mass is 9.73. The molecule has 1 saturated heterocycles. The zero-order chi connectivity index (χ0) is 22.9. The summed E-state index contributed by atoms with van der Waals surface area (Å²) in [5.74, 6) is 1.14. The Labute approximate surface area is 198 Å². The number of rotatable bonds is 4. The number of pyridine rings is 1. The fraction of sp³-hybridized carbons (Fsp3) is 0.375. The number of likely N-dealkylation sites (tertiary alicyclic amines) is 1. The van der Waals surface area contributed by atoms with E-state index in [4.69, 9.17) is 28.1 Å². The molecule has 1 fully saturated rings. The molecule has 1 aliphatic heterocycles. The van der Waals surface area contributed by atoms with E-state index in [0.717, 1.165) is 53.8 Å². The van der Waals surface area contributed by atoms with Crippen molar-refractivity contribution in [1.82, 2.24) is 9.88 Å². The number of nitrogen functional groups attached to an aromatic ring is 1. The maximum atomic E-state index is 6.72. The predicted molar refractivity (Wildman–Crippen MR) is 135 cm³/mol. The number of allylic oxidation sites excluding steroid dienone is 1. The van der Waals surface area contributed by atoms with Gasteiger partial charge in [-0.15, -0.1) is 0 Å². The van der Waals surface area contributed by atoms with Gasteiger partial charge in [0.15, 0.2) is 0 Å². The minimum atomic E-state index is 0.0975. The molecule has 0 unspecified atom stereocenters. The largest absolute Gasteiger partial charge is 0.382 e. The highest BCUT2D eigenvalue weighted by Crippen LogP contribution is 2.51. The first-order valence-corrected chi connectivity index (χ1v) is 11.9. The predicted octanol–water partition coefficient (Wildman–Crippen LogP) is 5.06. The SMILES string of the molecule is C=N/C(=C(/C)N=C(C)Sc1ccnc(N)c1Cl)N1CCC2(CC1)Cc1ccccc1[C@H]2N. The van der Waals surface area contributed by atoms with Crippen LogP contribution in [-0.4, -0.2) is 34.7 Å². The monoisotopic (exact) mass is 468 g/mol. The van der Waals surface area contributed by atoms with Crippen LogP contribution in [0.3, 0.4) is 0 Å². The number of benzene rings is 1. The number of piperidine rings is 1. The third kappa shape index (κ3) is 4.29. The molecule has 1 aliphatic carbocycles. The molecular weight excluding hydrogens is 440 g/mol. The summed E-state index contributed by atoms with van der Waals surface area (Å²) in [6, 6.07) is 10.5. The fourth-order valence-electron chi connectivity index (χ4n) is 4.90. The number of nitrogens with two attached hydrogens (primary N) is 2. The van der Waals surface area contributed by atoms with Gasteiger partial charge in [-0.25, -0.2) is 15.0 Å². The van der Waals surface area contributed by atoms with Gasteiger partial charge in [0.2, 0.25) is 0 Å². The van der Waals surface area contributed by atoms with Crippen molar-refractivity contribution in [3.8, 4) is 0 Å². The van der Waals surface area contributed by atoms with E-state index in [1.165, 1.54) is 22.9 Å². The number of aliphatic imine (C=N–C) groups is 2. The molecule has 1 aromatic heterocycles. The standard InChI is InChI=1S/C24H29ClN6S/c1-15(30-16(2)32-19-8-11-29-22(27)20(19)25)23(28-3)31-12-9-24(10-13-31)14-17-6-4-5-7-18(17)21(24)26/h4-8,11,21H,3,9-10,12-14,26H2,1-2H3,(H2,27,29)/b23-15+,30-16?/t21-/m1/s1. The van der Waals surface area contributed by atoms with Crippen LogP contribution in [-0.2, 0) is 6.42 Å². The molecule has 0 amide bonds. The van der Waals surface area contributed by atoms with Crippen LogP contribution >= 0.6 is 23.4 Å². The lowest BCUT2D eigenvalue weighted by Gasteiger charge is -2.43. The zero-order valence-electron chi connectivity index (χ0n) is 18.5. The van der Waals surface area contributed by atoms with Crippen LogP contribution < -0.4 is 11.5 Å². The average Bonchev–Trinajstić information content (AvgIpc) is 3.05. The Morgan fingerprint density at radius 3 is 2.66 bits per heavy atom. The van der Waals surface area contributed by atoms with E-state index >= 15 is 0 Å². The molecule has 6 nitrogen and oxygen atoms in total. The van der Waals surface area contributed by atoms with Gasteiger partial charge in [-0.2, -0.15) is 0 Å². The van der Waals surface area contributed by atoms with Crippen LogP contribution in [0.1, 0.15) is 43.9 Å². The van der Waals surface area contributed by atoms with Crippen molar-refractivity contribution in [3.63, 3.8) is 0 Å². The highest BCUT2D eigenvalue weighted by atomic mass is 35.5. The van der Waals surface area contributed by atoms with Crippen molar-refractivity contribution < 1.29 is 0 Å². The van der Waals surface area contributed by atoms with Crippen LogP contribution in [0.25, 0.3) is 0 Å². The molecule has 1 aromatic carbocycles. The third-order valence-electron chi connectivity index (χ3n) is 6.59. The normalized spacial score (nSPS) is 20.8. The van der Waals surface area contributed by atoms with Crippen LogP contribution in [0.15, 0.2) is 62.9 Å². The van der Waals surface area contributed by atoms with Gasteiger partial charge in [-0.1, -0.05) is 47.6 Å². The van der Waals surface area contributed by atoms with Crippen molar-refractivity contribution >= 4 is 40.9 Å². The Kier molecular flexibility index (Phi) is 6.60. The molecule has 2 aromatic rings. The van der Waals surface area contributed by atoms with Gasteiger partial charge in [0, 0.05) is 30.2 Å². The summed E-state index contributed by atoms with van der Waals surface area (Å²) in [7, 11) is 0. The number of nitrogens with zero attached hydrogens (tertiary/aromatic N) is 4. The van der Waals surface area contributed by atoms with Crippen LogP contribution in [0.4, 0.5) is 5.82 Å². The second-order valence-corrected chi connectivity index (χ2v) is 10.1. The number of fused-ring (bicyclic) bond motifs is 1. The summed E-state index contributed by atoms with van der Waals surface area (Å²) >= 11 is 7.73. The lowest BCUT2D eigenvalue weighted by molar-refractivity contribution is 0.108. The van der Waals surface area contributed by atoms with Crippen molar-refractivity contribution in [3.05, 3.63) is 64.2 Å². The Bertz CT molecular complexity index is 1090. The molecule has 0 bridgehead atoms. The van der Waals surface area contributed by atoms with Crippen molar-refractivity contribution in [1.29, 1.82) is 0 Å². The van der Waals surface area contributed by atoms with Gasteiger partial charge in [-0.3, -0.25) is 0 Å². The van der Waals surface area contributed by atoms with E-state index in [2.05, 4.69) is 45.9 Å². The van der Waals surface area contributed by atoms with Crippen LogP contribution in [0, 0.1) is 5.41 Å². The van der Waals surface area contributed by atoms with E-state index in [1.54, 1.807) is 6.20 Å². The van der Waals surface area contributed by atoms with Crippen molar-refractivity contribution in [2.75, 3.05) is 18.8 Å². The molecule has 2 aliphatic rings. The zero-order valence-corrected chi connectivity index (χ0v) is 20.1. The summed E-state index contributed by atoms with van der Waals surface area (Å²) in [4.78, 5) is 16.2. The fourth-order valence-corrected chi connectivity index (χ4v) is 5.95. The summed E-state index contributed by atoms with van der Waals surface area (Å²) in [5.41, 5.74) is 16.2. The Morgan fingerprint density at radius 2 is 1.97 bits per heavy atom. The Balaban J connectivity index is 1.47. The van der Waals surface area contributed by atoms with Crippen LogP contribution in [0.5, 0.6) is 0 Å². The molecule has 8 heteroatoms. The third-order valence-corrected chi connectivity index (χ3v) is 8.04. The van der Waals surface area contributed by atoms with E-state index < -0.39 is 0 Å². The number of thioether (sulfide) groups is 1. The lowest BCUT2D eigenvalue weighted by Crippen LogP contribution is -2.43. The molecular formula is C24H29ClN6S. The molecule has 1 atom stereocenters. The minimum Gasteiger partial charge on any atom is -0.382 e. The van der Waals surface area contributed by atoms with E-state index in [1.807, 2.05) is 19.9 Å². The van der Waals surface area contributed by atoms with E-state index in [-0.39, 0.29) is 11.5 Å². The number of anilines is 1. The second-order valence-electron chi connectivity index (χ2n) is 8.51. The molecule has 2 heterocycles. The quantitative estimate of drug-likeness (QED) is 0.372. The number of halogens is 1. The second kappa shape index (κ2) is 9.25. The Hall–Kier alpha value is -2.35. The first-order valence-electron chi connectivity index (χ1n) is 10.7. The Morgan fingerprint density at radius 1 is 1.25 bits per heavy atom. The highest BCUT2D eigenvalue weighted by molar-refractivity contribution is 8.14. The van der Waals surface area contributed by atoms with Gasteiger partial charge in [0.1, 0.15) is 11.6 Å². The van der Waals surface area contributed by atoms with Crippen molar-refractivity contribution in [2.24, 2.45) is 21.1 Å². The van der Waals surface area contributed by atoms with Crippen molar-refractivity contribution in [2.45, 2.75) is 44.0 Å². The molecule has 0 radical (unpaired) electrons. The maximum absolute atomic E-state index is 6.72. The number of aromatic nitrogens is 1. The molecule has 0 saturated carbocycles. The first kappa shape index (κ1) is 22.8. The number of hydrogen-bond acceptors (Lipinski definition) is 7. The van der Waals surface area contributed by atoms with Gasteiger partial charge >= 0.3 is 0 Å². The van der Waals surface area contributed by atoms with E-state index in [0.29, 0.717) is 10.8 Å². The number of hydrogen-bond donors (Lipinski definition) is 2. The average molecular weight is 469 g/mol. The molecule has 1 spiro atoms. The highest BCUT2D eigenvalue weighted by Gasteiger charge is 2.46. The van der Waals surface area contributed by atoms with Gasteiger partial charge in [0.05, 0.1) is 15.8 Å². The van der Waals surface area contributed by atoms with Crippen LogP contribution in [0.2, 0.25) is 5.02 Å². The molecule has 4 rings (SSSR count). The molecule has 4 N–H and O–H groups in total. The van der Waals surface area contributed by atoms with Gasteiger partial charge in [0.25, 0.3) is 0 Å². The summed E-state index contributed by atoms with van der Waals surface area (Å²) in [6.45, 7) is 9.51. The maximum Gasteiger partial charge on any atom is 0.149 e. The summed E-state index contributed by atoms with van der Waals surface area (Å²) in [5, 5.41) is 1.30. The molecule has 168 valence electrons. The summed E-state index contributed by atoms with van der Waals surface area (Å²) in [6.07, 6.45) is 4.75. The van der Waals surface area contributed by atoms with E-state index in [9.17, 15) is 0 Å². The smallest absolute Gasteiger partial charge is 0.149 e. The molecule has 32 heavy (non-hydrogen) atoms. The van der Waals surface area contributed by atoms with Gasteiger partial charge in [-0.05, 0) is 62.4 Å². The first-order chi connectivity index (χ1) is 15.3. The summed E-state index contributed by atoms with van der Waals surface area (Å²) < 4.78 is 0. The topological polar surface area (TPSA) is 92.9 Å². The minimum absolute atomic E-state index is 0.0975.